The zero-order valence-corrected chi connectivity index (χ0v) is 13.3. The zero-order valence-electron chi connectivity index (χ0n) is 13.3. The Morgan fingerprint density at radius 2 is 1.95 bits per heavy atom. The Hall–Kier alpha value is -1.61. The van der Waals surface area contributed by atoms with Crippen LogP contribution in [0.3, 0.4) is 0 Å². The summed E-state index contributed by atoms with van der Waals surface area (Å²) >= 11 is 0. The van der Waals surface area contributed by atoms with E-state index in [-0.39, 0.29) is 0 Å². The average molecular weight is 285 g/mol. The summed E-state index contributed by atoms with van der Waals surface area (Å²) in [5, 5.41) is 8.14. The summed E-state index contributed by atoms with van der Waals surface area (Å²) in [6.07, 6.45) is 8.07. The fraction of sp³-hybridized carbons (Fsp3) is 0.500. The lowest BCUT2D eigenvalue weighted by atomic mass is 10.0. The summed E-state index contributed by atoms with van der Waals surface area (Å²) in [6.45, 7) is 3.23. The van der Waals surface area contributed by atoms with Gasteiger partial charge in [-0.3, -0.25) is 4.68 Å². The van der Waals surface area contributed by atoms with E-state index in [4.69, 9.17) is 0 Å². The Morgan fingerprint density at radius 1 is 1.14 bits per heavy atom. The minimum atomic E-state index is 0.460. The van der Waals surface area contributed by atoms with E-state index in [1.165, 1.54) is 31.2 Å². The van der Waals surface area contributed by atoms with Gasteiger partial charge in [0.05, 0.1) is 5.69 Å². The van der Waals surface area contributed by atoms with Gasteiger partial charge in [-0.1, -0.05) is 56.5 Å². The van der Waals surface area contributed by atoms with Crippen LogP contribution in [0.1, 0.15) is 49.9 Å². The molecule has 0 saturated heterocycles. The Labute approximate surface area is 128 Å². The van der Waals surface area contributed by atoms with Crippen molar-refractivity contribution in [3.8, 4) is 0 Å². The van der Waals surface area contributed by atoms with Gasteiger partial charge in [-0.2, -0.15) is 5.10 Å². The van der Waals surface area contributed by atoms with Gasteiger partial charge in [0, 0.05) is 32.3 Å². The van der Waals surface area contributed by atoms with E-state index in [0.717, 1.165) is 18.7 Å². The van der Waals surface area contributed by atoms with Crippen molar-refractivity contribution in [2.75, 3.05) is 6.54 Å². The highest BCUT2D eigenvalue weighted by molar-refractivity contribution is 5.18. The molecule has 1 aromatic heterocycles. The molecule has 0 spiro atoms. The Kier molecular flexibility index (Phi) is 6.48. The molecule has 1 atom stereocenters. The molecule has 0 bridgehead atoms. The van der Waals surface area contributed by atoms with E-state index < -0.39 is 0 Å². The van der Waals surface area contributed by atoms with Crippen LogP contribution in [0.25, 0.3) is 0 Å². The summed E-state index contributed by atoms with van der Waals surface area (Å²) in [7, 11) is 1.97. The number of nitrogens with zero attached hydrogens (tertiary/aromatic N) is 2. The third-order valence-corrected chi connectivity index (χ3v) is 3.84. The highest BCUT2D eigenvalue weighted by Crippen LogP contribution is 2.19. The van der Waals surface area contributed by atoms with Crippen LogP contribution >= 0.6 is 0 Å². The van der Waals surface area contributed by atoms with Crippen molar-refractivity contribution in [2.24, 2.45) is 7.05 Å². The van der Waals surface area contributed by atoms with Gasteiger partial charge in [0.2, 0.25) is 0 Å². The maximum Gasteiger partial charge on any atom is 0.0637 e. The highest BCUT2D eigenvalue weighted by Gasteiger charge is 2.10. The third kappa shape index (κ3) is 5.35. The molecular formula is C18H27N3. The number of benzene rings is 1. The number of aromatic nitrogens is 2. The molecule has 21 heavy (non-hydrogen) atoms. The molecule has 0 fully saturated rings. The minimum Gasteiger partial charge on any atom is -0.310 e. The maximum atomic E-state index is 4.43. The molecule has 2 rings (SSSR count). The first-order valence-corrected chi connectivity index (χ1v) is 8.06. The van der Waals surface area contributed by atoms with Gasteiger partial charge in [-0.15, -0.1) is 0 Å². The molecule has 0 saturated carbocycles. The van der Waals surface area contributed by atoms with E-state index in [2.05, 4.69) is 53.7 Å². The van der Waals surface area contributed by atoms with Crippen LogP contribution in [-0.4, -0.2) is 16.3 Å². The second-order valence-electron chi connectivity index (χ2n) is 5.64. The minimum absolute atomic E-state index is 0.460. The lowest BCUT2D eigenvalue weighted by molar-refractivity contribution is 0.475. The maximum absolute atomic E-state index is 4.43. The highest BCUT2D eigenvalue weighted by atomic mass is 15.2. The molecule has 1 heterocycles. The Balaban J connectivity index is 1.86. The van der Waals surface area contributed by atoms with Crippen LogP contribution in [0, 0.1) is 0 Å². The standard InChI is InChI=1S/C18H27N3/c1-3-4-6-11-18(16-9-7-5-8-10-16)19-14-12-17-13-15-21(2)20-17/h5,7-10,13,15,18-19H,3-4,6,11-12,14H2,1-2H3. The molecule has 0 amide bonds. The number of aryl methyl sites for hydroxylation is 1. The van der Waals surface area contributed by atoms with E-state index in [9.17, 15) is 0 Å². The average Bonchev–Trinajstić information content (AvgIpc) is 2.92. The molecule has 114 valence electrons. The number of rotatable bonds is 9. The first kappa shape index (κ1) is 15.8. The van der Waals surface area contributed by atoms with Crippen molar-refractivity contribution in [1.29, 1.82) is 0 Å². The molecular weight excluding hydrogens is 258 g/mol. The van der Waals surface area contributed by atoms with Crippen LogP contribution in [0.15, 0.2) is 42.6 Å². The monoisotopic (exact) mass is 285 g/mol. The summed E-state index contributed by atoms with van der Waals surface area (Å²) in [5.41, 5.74) is 2.56. The fourth-order valence-electron chi connectivity index (χ4n) is 2.64. The molecule has 1 unspecified atom stereocenters. The molecule has 3 nitrogen and oxygen atoms in total. The Bertz CT molecular complexity index is 504. The van der Waals surface area contributed by atoms with Crippen molar-refractivity contribution in [3.63, 3.8) is 0 Å². The van der Waals surface area contributed by atoms with Crippen LogP contribution in [0.2, 0.25) is 0 Å². The van der Waals surface area contributed by atoms with Crippen molar-refractivity contribution < 1.29 is 0 Å². The molecule has 0 aliphatic carbocycles. The first-order chi connectivity index (χ1) is 10.3. The van der Waals surface area contributed by atoms with Gasteiger partial charge in [0.15, 0.2) is 0 Å². The summed E-state index contributed by atoms with van der Waals surface area (Å²) < 4.78 is 1.87. The van der Waals surface area contributed by atoms with Gasteiger partial charge in [0.25, 0.3) is 0 Å². The summed E-state index contributed by atoms with van der Waals surface area (Å²) in [5.74, 6) is 0. The van der Waals surface area contributed by atoms with Gasteiger partial charge >= 0.3 is 0 Å². The smallest absolute Gasteiger partial charge is 0.0637 e. The molecule has 2 aromatic rings. The zero-order chi connectivity index (χ0) is 14.9. The molecule has 0 aliphatic rings. The topological polar surface area (TPSA) is 29.9 Å². The van der Waals surface area contributed by atoms with E-state index in [1.807, 2.05) is 17.9 Å². The number of hydrogen-bond donors (Lipinski definition) is 1. The van der Waals surface area contributed by atoms with Crippen LogP contribution in [-0.2, 0) is 13.5 Å². The molecule has 3 heteroatoms. The summed E-state index contributed by atoms with van der Waals surface area (Å²) in [4.78, 5) is 0. The van der Waals surface area contributed by atoms with Crippen LogP contribution < -0.4 is 5.32 Å². The third-order valence-electron chi connectivity index (χ3n) is 3.84. The fourth-order valence-corrected chi connectivity index (χ4v) is 2.64. The molecule has 0 radical (unpaired) electrons. The first-order valence-electron chi connectivity index (χ1n) is 8.06. The van der Waals surface area contributed by atoms with Gasteiger partial charge < -0.3 is 5.32 Å². The second kappa shape index (κ2) is 8.63. The largest absolute Gasteiger partial charge is 0.310 e. The predicted molar refractivity (Wildman–Crippen MR) is 88.2 cm³/mol. The van der Waals surface area contributed by atoms with E-state index >= 15 is 0 Å². The summed E-state index contributed by atoms with van der Waals surface area (Å²) in [6, 6.07) is 13.3. The van der Waals surface area contributed by atoms with Crippen molar-refractivity contribution in [3.05, 3.63) is 53.9 Å². The number of hydrogen-bond acceptors (Lipinski definition) is 2. The predicted octanol–water partition coefficient (Wildman–Crippen LogP) is 3.87. The molecule has 1 aromatic carbocycles. The SMILES string of the molecule is CCCCCC(NCCc1ccn(C)n1)c1ccccc1. The van der Waals surface area contributed by atoms with Gasteiger partial charge in [0.1, 0.15) is 0 Å². The molecule has 0 aliphatic heterocycles. The quantitative estimate of drug-likeness (QED) is 0.709. The number of unbranched alkanes of at least 4 members (excludes halogenated alkanes) is 2. The van der Waals surface area contributed by atoms with Crippen molar-refractivity contribution >= 4 is 0 Å². The Morgan fingerprint density at radius 3 is 2.62 bits per heavy atom. The van der Waals surface area contributed by atoms with Gasteiger partial charge in [-0.05, 0) is 18.1 Å². The van der Waals surface area contributed by atoms with Crippen LogP contribution in [0.4, 0.5) is 0 Å². The van der Waals surface area contributed by atoms with Gasteiger partial charge in [-0.25, -0.2) is 0 Å². The van der Waals surface area contributed by atoms with E-state index in [1.54, 1.807) is 0 Å². The van der Waals surface area contributed by atoms with E-state index in [0.29, 0.717) is 6.04 Å². The number of nitrogens with one attached hydrogen (secondary N) is 1. The lowest BCUT2D eigenvalue weighted by Gasteiger charge is -2.19. The van der Waals surface area contributed by atoms with Crippen LogP contribution in [0.5, 0.6) is 0 Å². The molecule has 1 N–H and O–H groups in total. The lowest BCUT2D eigenvalue weighted by Crippen LogP contribution is -2.24. The normalized spacial score (nSPS) is 12.5. The van der Waals surface area contributed by atoms with Crippen molar-refractivity contribution in [1.82, 2.24) is 15.1 Å². The second-order valence-corrected chi connectivity index (χ2v) is 5.64. The van der Waals surface area contributed by atoms with Crippen molar-refractivity contribution in [2.45, 2.75) is 45.1 Å².